The molecule has 3 rings (SSSR count). The maximum Gasteiger partial charge on any atom is 0.242 e. The normalized spacial score (nSPS) is 11.8. The quantitative estimate of drug-likeness (QED) is 0.597. The Kier molecular flexibility index (Phi) is 7.23. The van der Waals surface area contributed by atoms with Gasteiger partial charge in [-0.25, -0.2) is 0 Å². The zero-order valence-electron chi connectivity index (χ0n) is 18.0. The third-order valence-electron chi connectivity index (χ3n) is 5.44. The highest BCUT2D eigenvalue weighted by Crippen LogP contribution is 2.21. The van der Waals surface area contributed by atoms with E-state index in [4.69, 9.17) is 0 Å². The molecule has 0 aliphatic heterocycles. The molecule has 0 aromatic heterocycles. The minimum Gasteiger partial charge on any atom is -0.355 e. The lowest BCUT2D eigenvalue weighted by Gasteiger charge is -2.29. The first kappa shape index (κ1) is 21.6. The SMILES string of the molecule is CCNC(=O)C(C)N(Cc1cccc(C)c1)C(=O)CCc1cccc2ccccc12. The van der Waals surface area contributed by atoms with E-state index in [1.54, 1.807) is 11.8 Å². The smallest absolute Gasteiger partial charge is 0.242 e. The van der Waals surface area contributed by atoms with Crippen molar-refractivity contribution in [2.45, 2.75) is 46.2 Å². The van der Waals surface area contributed by atoms with Gasteiger partial charge in [-0.05, 0) is 49.1 Å². The van der Waals surface area contributed by atoms with E-state index in [1.165, 1.54) is 10.8 Å². The first-order chi connectivity index (χ1) is 14.5. The fourth-order valence-corrected chi connectivity index (χ4v) is 3.81. The van der Waals surface area contributed by atoms with Gasteiger partial charge in [-0.2, -0.15) is 0 Å². The number of aryl methyl sites for hydroxylation is 2. The molecule has 4 nitrogen and oxygen atoms in total. The van der Waals surface area contributed by atoms with Gasteiger partial charge in [0, 0.05) is 19.5 Å². The van der Waals surface area contributed by atoms with Crippen LogP contribution in [0.25, 0.3) is 10.8 Å². The number of carbonyl (C=O) groups is 2. The van der Waals surface area contributed by atoms with Gasteiger partial charge in [0.05, 0.1) is 0 Å². The zero-order chi connectivity index (χ0) is 21.5. The van der Waals surface area contributed by atoms with Crippen LogP contribution in [0.3, 0.4) is 0 Å². The van der Waals surface area contributed by atoms with Crippen molar-refractivity contribution in [1.29, 1.82) is 0 Å². The second-order valence-corrected chi connectivity index (χ2v) is 7.72. The summed E-state index contributed by atoms with van der Waals surface area (Å²) in [6.45, 7) is 6.69. The lowest BCUT2D eigenvalue weighted by Crippen LogP contribution is -2.47. The van der Waals surface area contributed by atoms with Crippen LogP contribution in [0.2, 0.25) is 0 Å². The molecule has 1 unspecified atom stereocenters. The molecule has 0 spiro atoms. The number of hydrogen-bond acceptors (Lipinski definition) is 2. The van der Waals surface area contributed by atoms with Gasteiger partial charge in [-0.3, -0.25) is 9.59 Å². The van der Waals surface area contributed by atoms with Crippen molar-refractivity contribution in [3.63, 3.8) is 0 Å². The lowest BCUT2D eigenvalue weighted by molar-refractivity contribution is -0.140. The number of nitrogens with zero attached hydrogens (tertiary/aromatic N) is 1. The van der Waals surface area contributed by atoms with Gasteiger partial charge in [0.25, 0.3) is 0 Å². The predicted molar refractivity (Wildman–Crippen MR) is 122 cm³/mol. The molecule has 2 amide bonds. The van der Waals surface area contributed by atoms with E-state index in [9.17, 15) is 9.59 Å². The van der Waals surface area contributed by atoms with Crippen molar-refractivity contribution < 1.29 is 9.59 Å². The zero-order valence-corrected chi connectivity index (χ0v) is 18.0. The Labute approximate surface area is 178 Å². The second kappa shape index (κ2) is 10.1. The highest BCUT2D eigenvalue weighted by Gasteiger charge is 2.25. The molecule has 30 heavy (non-hydrogen) atoms. The topological polar surface area (TPSA) is 49.4 Å². The summed E-state index contributed by atoms with van der Waals surface area (Å²) in [5, 5.41) is 5.19. The number of rotatable bonds is 8. The third-order valence-corrected chi connectivity index (χ3v) is 5.44. The van der Waals surface area contributed by atoms with E-state index in [2.05, 4.69) is 35.6 Å². The summed E-state index contributed by atoms with van der Waals surface area (Å²) in [6.07, 6.45) is 1.01. The minimum atomic E-state index is -0.523. The van der Waals surface area contributed by atoms with Gasteiger partial charge in [-0.1, -0.05) is 72.3 Å². The fraction of sp³-hybridized carbons (Fsp3) is 0.308. The Morgan fingerprint density at radius 3 is 2.50 bits per heavy atom. The summed E-state index contributed by atoms with van der Waals surface area (Å²) in [5.41, 5.74) is 3.33. The molecule has 1 N–H and O–H groups in total. The molecular weight excluding hydrogens is 372 g/mol. The van der Waals surface area contributed by atoms with Gasteiger partial charge < -0.3 is 10.2 Å². The van der Waals surface area contributed by atoms with E-state index >= 15 is 0 Å². The van der Waals surface area contributed by atoms with Crippen LogP contribution < -0.4 is 5.32 Å². The number of carbonyl (C=O) groups excluding carboxylic acids is 2. The Hall–Kier alpha value is -3.14. The predicted octanol–water partition coefficient (Wildman–Crippen LogP) is 4.63. The Bertz CT molecular complexity index is 1020. The van der Waals surface area contributed by atoms with E-state index in [1.807, 2.05) is 50.2 Å². The highest BCUT2D eigenvalue weighted by atomic mass is 16.2. The van der Waals surface area contributed by atoms with Crippen LogP contribution in [-0.2, 0) is 22.6 Å². The second-order valence-electron chi connectivity index (χ2n) is 7.72. The molecule has 0 aliphatic rings. The molecule has 0 aliphatic carbocycles. The highest BCUT2D eigenvalue weighted by molar-refractivity contribution is 5.88. The summed E-state index contributed by atoms with van der Waals surface area (Å²) in [4.78, 5) is 27.4. The first-order valence-corrected chi connectivity index (χ1v) is 10.6. The van der Waals surface area contributed by atoms with Gasteiger partial charge in [-0.15, -0.1) is 0 Å². The monoisotopic (exact) mass is 402 g/mol. The van der Waals surface area contributed by atoms with E-state index in [-0.39, 0.29) is 11.8 Å². The van der Waals surface area contributed by atoms with Crippen LogP contribution in [-0.4, -0.2) is 29.3 Å². The maximum absolute atomic E-state index is 13.2. The molecule has 156 valence electrons. The Morgan fingerprint density at radius 2 is 1.73 bits per heavy atom. The molecule has 0 saturated carbocycles. The first-order valence-electron chi connectivity index (χ1n) is 10.6. The van der Waals surface area contributed by atoms with Crippen LogP contribution in [0.1, 0.15) is 37.0 Å². The van der Waals surface area contributed by atoms with Crippen molar-refractivity contribution >= 4 is 22.6 Å². The Balaban J connectivity index is 1.79. The van der Waals surface area contributed by atoms with Gasteiger partial charge >= 0.3 is 0 Å². The summed E-state index contributed by atoms with van der Waals surface area (Å²) in [6, 6.07) is 22.0. The van der Waals surface area contributed by atoms with E-state index < -0.39 is 6.04 Å². The average molecular weight is 403 g/mol. The molecule has 0 saturated heterocycles. The standard InChI is InChI=1S/C26H30N2O2/c1-4-27-26(30)20(3)28(18-21-10-7-9-19(2)17-21)25(29)16-15-23-13-8-12-22-11-5-6-14-24(22)23/h5-14,17,20H,4,15-16,18H2,1-3H3,(H,27,30). The largest absolute Gasteiger partial charge is 0.355 e. The molecule has 3 aromatic carbocycles. The summed E-state index contributed by atoms with van der Waals surface area (Å²) >= 11 is 0. The number of likely N-dealkylation sites (N-methyl/N-ethyl adjacent to an activating group) is 1. The van der Waals surface area contributed by atoms with Crippen LogP contribution in [0.4, 0.5) is 0 Å². The van der Waals surface area contributed by atoms with Gasteiger partial charge in [0.2, 0.25) is 11.8 Å². The summed E-state index contributed by atoms with van der Waals surface area (Å²) in [5.74, 6) is -0.133. The molecule has 0 heterocycles. The lowest BCUT2D eigenvalue weighted by atomic mass is 10.0. The Morgan fingerprint density at radius 1 is 1.00 bits per heavy atom. The molecule has 0 bridgehead atoms. The third kappa shape index (κ3) is 5.26. The van der Waals surface area contributed by atoms with E-state index in [0.717, 1.165) is 16.7 Å². The molecule has 0 fully saturated rings. The van der Waals surface area contributed by atoms with Crippen LogP contribution in [0.15, 0.2) is 66.7 Å². The molecule has 0 radical (unpaired) electrons. The van der Waals surface area contributed by atoms with Crippen LogP contribution in [0, 0.1) is 6.92 Å². The number of nitrogens with one attached hydrogen (secondary N) is 1. The van der Waals surface area contributed by atoms with Crippen molar-refractivity contribution in [1.82, 2.24) is 10.2 Å². The molecule has 1 atom stereocenters. The van der Waals surface area contributed by atoms with Crippen LogP contribution >= 0.6 is 0 Å². The van der Waals surface area contributed by atoms with Gasteiger partial charge in [0.1, 0.15) is 6.04 Å². The number of hydrogen-bond donors (Lipinski definition) is 1. The van der Waals surface area contributed by atoms with Crippen molar-refractivity contribution in [2.24, 2.45) is 0 Å². The number of benzene rings is 3. The minimum absolute atomic E-state index is 0.0109. The van der Waals surface area contributed by atoms with Crippen molar-refractivity contribution in [3.8, 4) is 0 Å². The molecule has 4 heteroatoms. The van der Waals surface area contributed by atoms with Crippen molar-refractivity contribution in [3.05, 3.63) is 83.4 Å². The molecule has 3 aromatic rings. The van der Waals surface area contributed by atoms with E-state index in [0.29, 0.717) is 25.9 Å². The van der Waals surface area contributed by atoms with Crippen molar-refractivity contribution in [2.75, 3.05) is 6.54 Å². The van der Waals surface area contributed by atoms with Gasteiger partial charge in [0.15, 0.2) is 0 Å². The molecular formula is C26H30N2O2. The maximum atomic E-state index is 13.2. The average Bonchev–Trinajstić information content (AvgIpc) is 2.75. The number of fused-ring (bicyclic) bond motifs is 1. The summed E-state index contributed by atoms with van der Waals surface area (Å²) < 4.78 is 0. The summed E-state index contributed by atoms with van der Waals surface area (Å²) in [7, 11) is 0. The number of amides is 2. The van der Waals surface area contributed by atoms with Crippen LogP contribution in [0.5, 0.6) is 0 Å². The fourth-order valence-electron chi connectivity index (χ4n) is 3.81.